The number of rotatable bonds is 3. The van der Waals surface area contributed by atoms with Gasteiger partial charge in [-0.2, -0.15) is 0 Å². The van der Waals surface area contributed by atoms with Crippen LogP contribution >= 0.6 is 15.9 Å². The Balaban J connectivity index is 2.03. The third-order valence-electron chi connectivity index (χ3n) is 4.18. The summed E-state index contributed by atoms with van der Waals surface area (Å²) in [4.78, 5) is 38.5. The van der Waals surface area contributed by atoms with E-state index in [0.717, 1.165) is 16.0 Å². The number of benzene rings is 2. The Hall–Kier alpha value is -2.93. The molecule has 0 spiro atoms. The van der Waals surface area contributed by atoms with E-state index in [1.807, 2.05) is 26.0 Å². The number of hydrogen-bond acceptors (Lipinski definition) is 4. The molecule has 0 saturated carbocycles. The van der Waals surface area contributed by atoms with E-state index in [1.165, 1.54) is 6.08 Å². The molecule has 0 radical (unpaired) electrons. The minimum absolute atomic E-state index is 0.119. The number of hydrogen-bond donors (Lipinski definition) is 1. The predicted octanol–water partition coefficient (Wildman–Crippen LogP) is 3.74. The molecule has 1 fully saturated rings. The van der Waals surface area contributed by atoms with Gasteiger partial charge < -0.3 is 4.74 Å². The van der Waals surface area contributed by atoms with E-state index in [4.69, 9.17) is 4.74 Å². The highest BCUT2D eigenvalue weighted by Gasteiger charge is 2.37. The molecular formula is C20H17BrN2O4. The van der Waals surface area contributed by atoms with Crippen LogP contribution in [0.5, 0.6) is 5.75 Å². The summed E-state index contributed by atoms with van der Waals surface area (Å²) in [5.74, 6) is -0.760. The van der Waals surface area contributed by atoms with Crippen LogP contribution in [0.2, 0.25) is 0 Å². The molecule has 0 atom stereocenters. The molecule has 0 unspecified atom stereocenters. The fourth-order valence-electron chi connectivity index (χ4n) is 2.87. The number of nitrogens with one attached hydrogen (secondary N) is 1. The fourth-order valence-corrected chi connectivity index (χ4v) is 3.43. The Morgan fingerprint density at radius 3 is 2.44 bits per heavy atom. The van der Waals surface area contributed by atoms with Crippen LogP contribution in [0.4, 0.5) is 10.5 Å². The summed E-state index contributed by atoms with van der Waals surface area (Å²) in [5, 5.41) is 2.23. The van der Waals surface area contributed by atoms with Gasteiger partial charge in [0.05, 0.1) is 17.3 Å². The number of aryl methyl sites for hydroxylation is 2. The molecule has 6 nitrogen and oxygen atoms in total. The molecule has 0 bridgehead atoms. The predicted molar refractivity (Wildman–Crippen MR) is 106 cm³/mol. The first kappa shape index (κ1) is 18.8. The molecule has 4 amide bonds. The molecule has 138 valence electrons. The topological polar surface area (TPSA) is 75.7 Å². The molecule has 27 heavy (non-hydrogen) atoms. The minimum atomic E-state index is -0.759. The lowest BCUT2D eigenvalue weighted by Crippen LogP contribution is -2.54. The molecule has 1 aliphatic rings. The van der Waals surface area contributed by atoms with Crippen molar-refractivity contribution in [3.63, 3.8) is 0 Å². The van der Waals surface area contributed by atoms with Crippen molar-refractivity contribution in [2.45, 2.75) is 13.8 Å². The molecular weight excluding hydrogens is 412 g/mol. The SMILES string of the molecule is COc1ccc(/C=C2\C(=O)NC(=O)N(c3ccc(C)cc3C)C2=O)cc1Br. The summed E-state index contributed by atoms with van der Waals surface area (Å²) in [5.41, 5.74) is 2.72. The van der Waals surface area contributed by atoms with E-state index >= 15 is 0 Å². The van der Waals surface area contributed by atoms with E-state index in [1.54, 1.807) is 31.4 Å². The molecule has 2 aromatic carbocycles. The Bertz CT molecular complexity index is 997. The summed E-state index contributed by atoms with van der Waals surface area (Å²) < 4.78 is 5.86. The lowest BCUT2D eigenvalue weighted by Gasteiger charge is -2.27. The number of ether oxygens (including phenoxy) is 1. The molecule has 1 saturated heterocycles. The standard InChI is InChI=1S/C20H17BrN2O4/c1-11-4-6-16(12(2)8-11)23-19(25)14(18(24)22-20(23)26)9-13-5-7-17(27-3)15(21)10-13/h4-10H,1-3H3,(H,22,24,26)/b14-9+. The van der Waals surface area contributed by atoms with Gasteiger partial charge in [-0.15, -0.1) is 0 Å². The number of imide groups is 2. The van der Waals surface area contributed by atoms with Gasteiger partial charge >= 0.3 is 6.03 Å². The second-order valence-electron chi connectivity index (χ2n) is 6.14. The van der Waals surface area contributed by atoms with Crippen molar-refractivity contribution in [2.24, 2.45) is 0 Å². The third-order valence-corrected chi connectivity index (χ3v) is 4.80. The summed E-state index contributed by atoms with van der Waals surface area (Å²) in [6.45, 7) is 3.73. The molecule has 1 N–H and O–H groups in total. The lowest BCUT2D eigenvalue weighted by molar-refractivity contribution is -0.122. The lowest BCUT2D eigenvalue weighted by atomic mass is 10.0. The van der Waals surface area contributed by atoms with Crippen molar-refractivity contribution in [3.8, 4) is 5.75 Å². The Labute approximate surface area is 164 Å². The van der Waals surface area contributed by atoms with Gasteiger partial charge in [0.2, 0.25) is 0 Å². The first-order chi connectivity index (χ1) is 12.8. The van der Waals surface area contributed by atoms with Crippen LogP contribution in [-0.2, 0) is 9.59 Å². The first-order valence-electron chi connectivity index (χ1n) is 8.14. The van der Waals surface area contributed by atoms with Gasteiger partial charge in [-0.1, -0.05) is 23.8 Å². The highest BCUT2D eigenvalue weighted by molar-refractivity contribution is 9.10. The maximum Gasteiger partial charge on any atom is 0.335 e. The number of barbiturate groups is 1. The highest BCUT2D eigenvalue weighted by atomic mass is 79.9. The number of anilines is 1. The third kappa shape index (κ3) is 3.64. The van der Waals surface area contributed by atoms with Crippen LogP contribution < -0.4 is 15.0 Å². The summed E-state index contributed by atoms with van der Waals surface area (Å²) >= 11 is 3.37. The zero-order valence-electron chi connectivity index (χ0n) is 15.0. The normalized spacial score (nSPS) is 15.9. The number of carbonyl (C=O) groups excluding carboxylic acids is 3. The van der Waals surface area contributed by atoms with E-state index in [-0.39, 0.29) is 5.57 Å². The Morgan fingerprint density at radius 2 is 1.81 bits per heavy atom. The van der Waals surface area contributed by atoms with Gasteiger partial charge in [-0.05, 0) is 65.2 Å². The number of methoxy groups -OCH3 is 1. The van der Waals surface area contributed by atoms with Crippen molar-refractivity contribution < 1.29 is 19.1 Å². The zero-order valence-corrected chi connectivity index (χ0v) is 16.6. The summed E-state index contributed by atoms with van der Waals surface area (Å²) in [6, 6.07) is 9.78. The van der Waals surface area contributed by atoms with Gasteiger partial charge in [0.1, 0.15) is 11.3 Å². The second kappa shape index (κ2) is 7.36. The molecule has 0 aromatic heterocycles. The van der Waals surface area contributed by atoms with Crippen LogP contribution in [-0.4, -0.2) is 25.0 Å². The summed E-state index contributed by atoms with van der Waals surface area (Å²) in [6.07, 6.45) is 1.45. The Morgan fingerprint density at radius 1 is 1.07 bits per heavy atom. The van der Waals surface area contributed by atoms with Gasteiger partial charge in [0.25, 0.3) is 11.8 Å². The van der Waals surface area contributed by atoms with Crippen LogP contribution in [0.1, 0.15) is 16.7 Å². The van der Waals surface area contributed by atoms with E-state index in [9.17, 15) is 14.4 Å². The average Bonchev–Trinajstić information content (AvgIpc) is 2.60. The van der Waals surface area contributed by atoms with Crippen molar-refractivity contribution >= 4 is 45.5 Å². The van der Waals surface area contributed by atoms with Crippen LogP contribution in [0.25, 0.3) is 6.08 Å². The number of urea groups is 1. The van der Waals surface area contributed by atoms with Gasteiger partial charge in [0, 0.05) is 0 Å². The quantitative estimate of drug-likeness (QED) is 0.596. The first-order valence-corrected chi connectivity index (χ1v) is 8.93. The summed E-state index contributed by atoms with van der Waals surface area (Å²) in [7, 11) is 1.55. The van der Waals surface area contributed by atoms with Crippen LogP contribution in [0.15, 0.2) is 46.4 Å². The average molecular weight is 429 g/mol. The van der Waals surface area contributed by atoms with Gasteiger partial charge in [0.15, 0.2) is 0 Å². The number of amides is 4. The molecule has 3 rings (SSSR count). The largest absolute Gasteiger partial charge is 0.496 e. The van der Waals surface area contributed by atoms with Gasteiger partial charge in [-0.25, -0.2) is 9.69 Å². The van der Waals surface area contributed by atoms with E-state index in [0.29, 0.717) is 21.5 Å². The number of halogens is 1. The number of carbonyl (C=O) groups is 3. The minimum Gasteiger partial charge on any atom is -0.496 e. The molecule has 1 aliphatic heterocycles. The van der Waals surface area contributed by atoms with E-state index < -0.39 is 17.8 Å². The molecule has 1 heterocycles. The van der Waals surface area contributed by atoms with E-state index in [2.05, 4.69) is 21.2 Å². The maximum atomic E-state index is 12.9. The maximum absolute atomic E-state index is 12.9. The van der Waals surface area contributed by atoms with Crippen LogP contribution in [0.3, 0.4) is 0 Å². The second-order valence-corrected chi connectivity index (χ2v) is 7.00. The van der Waals surface area contributed by atoms with Crippen molar-refractivity contribution in [3.05, 3.63) is 63.1 Å². The Kier molecular flexibility index (Phi) is 5.14. The molecule has 0 aliphatic carbocycles. The molecule has 2 aromatic rings. The van der Waals surface area contributed by atoms with Crippen LogP contribution in [0, 0.1) is 13.8 Å². The van der Waals surface area contributed by atoms with Crippen molar-refractivity contribution in [1.82, 2.24) is 5.32 Å². The smallest absolute Gasteiger partial charge is 0.335 e. The number of nitrogens with zero attached hydrogens (tertiary/aromatic N) is 1. The monoisotopic (exact) mass is 428 g/mol. The zero-order chi connectivity index (χ0) is 19.7. The van der Waals surface area contributed by atoms with Crippen molar-refractivity contribution in [1.29, 1.82) is 0 Å². The van der Waals surface area contributed by atoms with Crippen molar-refractivity contribution in [2.75, 3.05) is 12.0 Å². The van der Waals surface area contributed by atoms with Gasteiger partial charge in [-0.3, -0.25) is 14.9 Å². The molecule has 7 heteroatoms. The fraction of sp³-hybridized carbons (Fsp3) is 0.150. The highest BCUT2D eigenvalue weighted by Crippen LogP contribution is 2.28.